The van der Waals surface area contributed by atoms with Crippen LogP contribution in [0.15, 0.2) is 24.4 Å². The zero-order valence-corrected chi connectivity index (χ0v) is 14.2. The molecule has 1 amide bonds. The zero-order valence-electron chi connectivity index (χ0n) is 13.5. The lowest BCUT2D eigenvalue weighted by Crippen LogP contribution is -2.29. The number of nitrogens with zero attached hydrogens (tertiary/aromatic N) is 3. The highest BCUT2D eigenvalue weighted by Gasteiger charge is 2.18. The highest BCUT2D eigenvalue weighted by molar-refractivity contribution is 6.30. The summed E-state index contributed by atoms with van der Waals surface area (Å²) in [4.78, 5) is 12.3. The number of piperidine rings is 1. The van der Waals surface area contributed by atoms with Crippen LogP contribution in [0.5, 0.6) is 5.75 Å². The van der Waals surface area contributed by atoms with Crippen molar-refractivity contribution in [3.05, 3.63) is 40.7 Å². The molecular weight excluding hydrogens is 330 g/mol. The smallest absolute Gasteiger partial charge is 0.273 e. The van der Waals surface area contributed by atoms with E-state index in [0.717, 1.165) is 31.5 Å². The van der Waals surface area contributed by atoms with Gasteiger partial charge in [0.2, 0.25) is 0 Å². The number of aromatic nitrogens is 3. The predicted molar refractivity (Wildman–Crippen MR) is 90.3 cm³/mol. The van der Waals surface area contributed by atoms with Crippen LogP contribution < -0.4 is 15.4 Å². The van der Waals surface area contributed by atoms with E-state index >= 15 is 0 Å². The zero-order chi connectivity index (χ0) is 16.9. The number of halogens is 1. The molecule has 1 fully saturated rings. The second-order valence-corrected chi connectivity index (χ2v) is 6.14. The maximum atomic E-state index is 12.3. The molecule has 128 valence electrons. The molecule has 24 heavy (non-hydrogen) atoms. The molecule has 2 aromatic rings. The number of hydrogen-bond donors (Lipinski definition) is 2. The van der Waals surface area contributed by atoms with Gasteiger partial charge in [0.25, 0.3) is 5.91 Å². The lowest BCUT2D eigenvalue weighted by atomic mass is 10.1. The second kappa shape index (κ2) is 7.63. The van der Waals surface area contributed by atoms with E-state index in [0.29, 0.717) is 29.1 Å². The number of methoxy groups -OCH3 is 1. The molecule has 0 bridgehead atoms. The Morgan fingerprint density at radius 1 is 1.46 bits per heavy atom. The summed E-state index contributed by atoms with van der Waals surface area (Å²) in [6, 6.07) is 5.59. The topological polar surface area (TPSA) is 81.1 Å². The van der Waals surface area contributed by atoms with Crippen LogP contribution in [0.1, 0.15) is 34.9 Å². The largest absolute Gasteiger partial charge is 0.496 e. The normalized spacial score (nSPS) is 15.2. The summed E-state index contributed by atoms with van der Waals surface area (Å²) in [5.74, 6) is 0.412. The van der Waals surface area contributed by atoms with Crippen molar-refractivity contribution < 1.29 is 9.53 Å². The van der Waals surface area contributed by atoms with Crippen LogP contribution >= 0.6 is 11.6 Å². The standard InChI is InChI=1S/C16H20ClN5O2/c1-24-15-3-2-12(17)8-11(15)9-19-16(23)14-10-22(21-20-14)13-4-6-18-7-5-13/h2-3,8,10,13,18H,4-7,9H2,1H3,(H,19,23). The Morgan fingerprint density at radius 3 is 3.00 bits per heavy atom. The van der Waals surface area contributed by atoms with E-state index in [9.17, 15) is 4.79 Å². The van der Waals surface area contributed by atoms with Gasteiger partial charge in [-0.3, -0.25) is 4.79 Å². The van der Waals surface area contributed by atoms with Crippen molar-refractivity contribution in [2.45, 2.75) is 25.4 Å². The fourth-order valence-corrected chi connectivity index (χ4v) is 2.98. The minimum absolute atomic E-state index is 0.266. The van der Waals surface area contributed by atoms with Gasteiger partial charge in [-0.05, 0) is 44.1 Å². The van der Waals surface area contributed by atoms with Gasteiger partial charge in [0.05, 0.1) is 19.3 Å². The molecule has 8 heteroatoms. The molecule has 2 heterocycles. The fourth-order valence-electron chi connectivity index (χ4n) is 2.78. The third kappa shape index (κ3) is 3.85. The first kappa shape index (κ1) is 16.7. The number of hydrogen-bond acceptors (Lipinski definition) is 5. The highest BCUT2D eigenvalue weighted by atomic mass is 35.5. The van der Waals surface area contributed by atoms with E-state index in [1.807, 2.05) is 0 Å². The van der Waals surface area contributed by atoms with Crippen LogP contribution in [-0.2, 0) is 6.54 Å². The molecule has 1 aromatic heterocycles. The van der Waals surface area contributed by atoms with Crippen molar-refractivity contribution in [3.8, 4) is 5.75 Å². The van der Waals surface area contributed by atoms with Crippen molar-refractivity contribution in [1.82, 2.24) is 25.6 Å². The lowest BCUT2D eigenvalue weighted by Gasteiger charge is -2.22. The third-order valence-corrected chi connectivity index (χ3v) is 4.34. The Morgan fingerprint density at radius 2 is 2.25 bits per heavy atom. The van der Waals surface area contributed by atoms with Gasteiger partial charge in [0.1, 0.15) is 5.75 Å². The van der Waals surface area contributed by atoms with Crippen LogP contribution in [0, 0.1) is 0 Å². The minimum Gasteiger partial charge on any atom is -0.496 e. The number of carbonyl (C=O) groups is 1. The molecule has 3 rings (SSSR count). The number of benzene rings is 1. The molecule has 7 nitrogen and oxygen atoms in total. The molecule has 1 aliphatic heterocycles. The highest BCUT2D eigenvalue weighted by Crippen LogP contribution is 2.22. The van der Waals surface area contributed by atoms with Crippen molar-refractivity contribution in [2.24, 2.45) is 0 Å². The first-order valence-corrected chi connectivity index (χ1v) is 8.28. The number of rotatable bonds is 5. The number of carbonyl (C=O) groups excluding carboxylic acids is 1. The molecule has 0 radical (unpaired) electrons. The molecule has 0 saturated carbocycles. The number of ether oxygens (including phenoxy) is 1. The summed E-state index contributed by atoms with van der Waals surface area (Å²) in [6.45, 7) is 2.23. The predicted octanol–water partition coefficient (Wildman–Crippen LogP) is 1.79. The molecule has 1 aliphatic rings. The molecule has 1 aromatic carbocycles. The summed E-state index contributed by atoms with van der Waals surface area (Å²) in [5, 5.41) is 14.8. The maximum Gasteiger partial charge on any atom is 0.273 e. The lowest BCUT2D eigenvalue weighted by molar-refractivity contribution is 0.0945. The SMILES string of the molecule is COc1ccc(Cl)cc1CNC(=O)c1cn(C2CCNCC2)nn1. The Hall–Kier alpha value is -2.12. The summed E-state index contributed by atoms with van der Waals surface area (Å²) >= 11 is 6.00. The van der Waals surface area contributed by atoms with Crippen LogP contribution in [0.25, 0.3) is 0 Å². The Labute approximate surface area is 145 Å². The van der Waals surface area contributed by atoms with E-state index < -0.39 is 0 Å². The first-order chi connectivity index (χ1) is 11.7. The number of amides is 1. The van der Waals surface area contributed by atoms with E-state index in [1.165, 1.54) is 0 Å². The van der Waals surface area contributed by atoms with Gasteiger partial charge in [0, 0.05) is 17.1 Å². The van der Waals surface area contributed by atoms with Gasteiger partial charge >= 0.3 is 0 Å². The van der Waals surface area contributed by atoms with E-state index in [4.69, 9.17) is 16.3 Å². The fraction of sp³-hybridized carbons (Fsp3) is 0.438. The molecule has 0 aliphatic carbocycles. The Kier molecular flexibility index (Phi) is 5.32. The van der Waals surface area contributed by atoms with Crippen molar-refractivity contribution >= 4 is 17.5 Å². The van der Waals surface area contributed by atoms with Crippen LogP contribution in [0.3, 0.4) is 0 Å². The first-order valence-electron chi connectivity index (χ1n) is 7.90. The van der Waals surface area contributed by atoms with Crippen LogP contribution in [0.4, 0.5) is 0 Å². The van der Waals surface area contributed by atoms with Crippen molar-refractivity contribution in [2.75, 3.05) is 20.2 Å². The molecule has 0 unspecified atom stereocenters. The summed E-state index contributed by atoms with van der Waals surface area (Å²) < 4.78 is 7.06. The van der Waals surface area contributed by atoms with Gasteiger partial charge in [-0.15, -0.1) is 5.10 Å². The van der Waals surface area contributed by atoms with Gasteiger partial charge in [0.15, 0.2) is 5.69 Å². The quantitative estimate of drug-likeness (QED) is 0.860. The summed E-state index contributed by atoms with van der Waals surface area (Å²) in [7, 11) is 1.58. The third-order valence-electron chi connectivity index (χ3n) is 4.11. The van der Waals surface area contributed by atoms with Gasteiger partial charge < -0.3 is 15.4 Å². The van der Waals surface area contributed by atoms with Gasteiger partial charge in [-0.2, -0.15) is 0 Å². The Balaban J connectivity index is 1.63. The average molecular weight is 350 g/mol. The molecule has 0 spiro atoms. The van der Waals surface area contributed by atoms with Crippen molar-refractivity contribution in [3.63, 3.8) is 0 Å². The monoisotopic (exact) mass is 349 g/mol. The van der Waals surface area contributed by atoms with Crippen molar-refractivity contribution in [1.29, 1.82) is 0 Å². The minimum atomic E-state index is -0.266. The molecular formula is C16H20ClN5O2. The van der Waals surface area contributed by atoms with Gasteiger partial charge in [-0.1, -0.05) is 16.8 Å². The molecule has 2 N–H and O–H groups in total. The molecule has 1 saturated heterocycles. The second-order valence-electron chi connectivity index (χ2n) is 5.70. The summed E-state index contributed by atoms with van der Waals surface area (Å²) in [5.41, 5.74) is 1.12. The Bertz CT molecular complexity index is 712. The van der Waals surface area contributed by atoms with E-state index in [-0.39, 0.29) is 5.91 Å². The number of nitrogens with one attached hydrogen (secondary N) is 2. The van der Waals surface area contributed by atoms with Crippen LogP contribution in [-0.4, -0.2) is 41.1 Å². The van der Waals surface area contributed by atoms with Crippen LogP contribution in [0.2, 0.25) is 5.02 Å². The molecule has 0 atom stereocenters. The maximum absolute atomic E-state index is 12.3. The summed E-state index contributed by atoms with van der Waals surface area (Å²) in [6.07, 6.45) is 3.69. The van der Waals surface area contributed by atoms with Gasteiger partial charge in [-0.25, -0.2) is 4.68 Å². The van der Waals surface area contributed by atoms with E-state index in [2.05, 4.69) is 20.9 Å². The van der Waals surface area contributed by atoms with E-state index in [1.54, 1.807) is 36.2 Å². The average Bonchev–Trinajstić information content (AvgIpc) is 3.11.